The van der Waals surface area contributed by atoms with Crippen molar-refractivity contribution in [3.8, 4) is 0 Å². The average molecular weight is 218 g/mol. The molecular formula is C12H26O3. The van der Waals surface area contributed by atoms with Gasteiger partial charge in [-0.05, 0) is 25.2 Å². The van der Waals surface area contributed by atoms with Gasteiger partial charge in [-0.25, -0.2) is 0 Å². The summed E-state index contributed by atoms with van der Waals surface area (Å²) < 4.78 is 5.62. The fourth-order valence-corrected chi connectivity index (χ4v) is 1.46. The Bertz CT molecular complexity index is 135. The smallest absolute Gasteiger partial charge is 0.0771 e. The highest BCUT2D eigenvalue weighted by atomic mass is 16.5. The average Bonchev–Trinajstić information content (AvgIpc) is 2.29. The maximum Gasteiger partial charge on any atom is 0.0771 e. The van der Waals surface area contributed by atoms with Crippen LogP contribution in [0.1, 0.15) is 46.5 Å². The molecule has 0 radical (unpaired) electrons. The molecule has 2 N–H and O–H groups in total. The van der Waals surface area contributed by atoms with Gasteiger partial charge < -0.3 is 14.9 Å². The van der Waals surface area contributed by atoms with Crippen molar-refractivity contribution in [2.45, 2.75) is 58.7 Å². The van der Waals surface area contributed by atoms with E-state index in [0.29, 0.717) is 12.5 Å². The van der Waals surface area contributed by atoms with E-state index in [4.69, 9.17) is 9.84 Å². The molecule has 0 fully saturated rings. The molecule has 92 valence electrons. The lowest BCUT2D eigenvalue weighted by Crippen LogP contribution is -2.24. The van der Waals surface area contributed by atoms with Gasteiger partial charge >= 0.3 is 0 Å². The zero-order chi connectivity index (χ0) is 11.7. The minimum absolute atomic E-state index is 0.170. The summed E-state index contributed by atoms with van der Waals surface area (Å²) in [5.41, 5.74) is 0. The second-order valence-electron chi connectivity index (χ2n) is 4.12. The molecule has 0 aromatic carbocycles. The Balaban J connectivity index is 3.80. The largest absolute Gasteiger partial charge is 0.396 e. The Labute approximate surface area is 93.5 Å². The lowest BCUT2D eigenvalue weighted by molar-refractivity contribution is -0.0246. The van der Waals surface area contributed by atoms with E-state index in [-0.39, 0.29) is 18.8 Å². The summed E-state index contributed by atoms with van der Waals surface area (Å²) in [6, 6.07) is 0. The van der Waals surface area contributed by atoms with Crippen molar-refractivity contribution in [3.63, 3.8) is 0 Å². The zero-order valence-electron chi connectivity index (χ0n) is 10.3. The van der Waals surface area contributed by atoms with Crippen molar-refractivity contribution < 1.29 is 14.9 Å². The first-order chi connectivity index (χ1) is 7.17. The molecule has 0 aliphatic rings. The fraction of sp³-hybridized carbons (Fsp3) is 1.00. The van der Waals surface area contributed by atoms with Crippen LogP contribution in [0.2, 0.25) is 0 Å². The van der Waals surface area contributed by atoms with Crippen molar-refractivity contribution >= 4 is 0 Å². The SMILES string of the molecule is CCC(O)CO[C@H](CC)C[C@@H](CC)CO. The molecule has 0 heterocycles. The maximum absolute atomic E-state index is 9.38. The van der Waals surface area contributed by atoms with Gasteiger partial charge in [0, 0.05) is 6.61 Å². The van der Waals surface area contributed by atoms with Crippen molar-refractivity contribution in [3.05, 3.63) is 0 Å². The molecule has 0 aliphatic carbocycles. The standard InChI is InChI=1S/C12H26O3/c1-4-10(8-13)7-12(6-3)15-9-11(14)5-2/h10-14H,4-9H2,1-3H3/t10-,11?,12-/m1/s1. The molecule has 0 bridgehead atoms. The monoisotopic (exact) mass is 218 g/mol. The van der Waals surface area contributed by atoms with E-state index in [1.807, 2.05) is 6.92 Å². The lowest BCUT2D eigenvalue weighted by Gasteiger charge is -2.22. The van der Waals surface area contributed by atoms with E-state index in [0.717, 1.165) is 25.7 Å². The summed E-state index contributed by atoms with van der Waals surface area (Å²) in [6.45, 7) is 6.74. The molecule has 1 unspecified atom stereocenters. The van der Waals surface area contributed by atoms with Gasteiger partial charge in [-0.2, -0.15) is 0 Å². The van der Waals surface area contributed by atoms with Crippen LogP contribution < -0.4 is 0 Å². The molecule has 3 atom stereocenters. The number of hydrogen-bond acceptors (Lipinski definition) is 3. The minimum Gasteiger partial charge on any atom is -0.396 e. The minimum atomic E-state index is -0.353. The summed E-state index contributed by atoms with van der Waals surface area (Å²) in [5, 5.41) is 18.5. The number of hydrogen-bond donors (Lipinski definition) is 2. The molecule has 0 rings (SSSR count). The Morgan fingerprint density at radius 1 is 1.07 bits per heavy atom. The Hall–Kier alpha value is -0.120. The van der Waals surface area contributed by atoms with Crippen LogP contribution in [-0.2, 0) is 4.74 Å². The summed E-state index contributed by atoms with van der Waals surface area (Å²) in [7, 11) is 0. The zero-order valence-corrected chi connectivity index (χ0v) is 10.3. The first-order valence-electron chi connectivity index (χ1n) is 6.08. The summed E-state index contributed by atoms with van der Waals surface area (Å²) >= 11 is 0. The quantitative estimate of drug-likeness (QED) is 0.622. The summed E-state index contributed by atoms with van der Waals surface area (Å²) in [6.07, 6.45) is 3.35. The van der Waals surface area contributed by atoms with E-state index in [2.05, 4.69) is 13.8 Å². The van der Waals surface area contributed by atoms with Crippen LogP contribution >= 0.6 is 0 Å². The second-order valence-corrected chi connectivity index (χ2v) is 4.12. The van der Waals surface area contributed by atoms with Crippen molar-refractivity contribution in [1.82, 2.24) is 0 Å². The van der Waals surface area contributed by atoms with Gasteiger partial charge in [0.15, 0.2) is 0 Å². The summed E-state index contributed by atoms with van der Waals surface area (Å²) in [4.78, 5) is 0. The van der Waals surface area contributed by atoms with Gasteiger partial charge in [0.1, 0.15) is 0 Å². The van der Waals surface area contributed by atoms with Gasteiger partial charge in [0.05, 0.1) is 18.8 Å². The van der Waals surface area contributed by atoms with Crippen LogP contribution in [-0.4, -0.2) is 35.6 Å². The van der Waals surface area contributed by atoms with Crippen molar-refractivity contribution in [2.24, 2.45) is 5.92 Å². The molecular weight excluding hydrogens is 192 g/mol. The predicted octanol–water partition coefficient (Wildman–Crippen LogP) is 1.96. The lowest BCUT2D eigenvalue weighted by atomic mass is 9.98. The van der Waals surface area contributed by atoms with E-state index < -0.39 is 0 Å². The highest BCUT2D eigenvalue weighted by molar-refractivity contribution is 4.64. The van der Waals surface area contributed by atoms with Crippen LogP contribution in [0.25, 0.3) is 0 Å². The van der Waals surface area contributed by atoms with Gasteiger partial charge in [-0.1, -0.05) is 27.2 Å². The van der Waals surface area contributed by atoms with E-state index in [9.17, 15) is 5.11 Å². The van der Waals surface area contributed by atoms with Crippen LogP contribution in [0.5, 0.6) is 0 Å². The number of rotatable bonds is 9. The Kier molecular flexibility index (Phi) is 9.06. The third-order valence-electron chi connectivity index (χ3n) is 2.88. The van der Waals surface area contributed by atoms with Gasteiger partial charge in [-0.3, -0.25) is 0 Å². The highest BCUT2D eigenvalue weighted by Gasteiger charge is 2.14. The first kappa shape index (κ1) is 14.9. The Morgan fingerprint density at radius 2 is 1.73 bits per heavy atom. The molecule has 0 aromatic heterocycles. The predicted molar refractivity (Wildman–Crippen MR) is 61.8 cm³/mol. The number of ether oxygens (including phenoxy) is 1. The molecule has 0 aromatic rings. The topological polar surface area (TPSA) is 49.7 Å². The maximum atomic E-state index is 9.38. The van der Waals surface area contributed by atoms with Gasteiger partial charge in [0.25, 0.3) is 0 Å². The molecule has 0 aliphatic heterocycles. The van der Waals surface area contributed by atoms with Crippen LogP contribution in [0.3, 0.4) is 0 Å². The van der Waals surface area contributed by atoms with E-state index >= 15 is 0 Å². The molecule has 0 saturated heterocycles. The molecule has 3 heteroatoms. The molecule has 0 amide bonds. The van der Waals surface area contributed by atoms with Crippen LogP contribution in [0.15, 0.2) is 0 Å². The fourth-order valence-electron chi connectivity index (χ4n) is 1.46. The number of aliphatic hydroxyl groups excluding tert-OH is 2. The molecule has 15 heavy (non-hydrogen) atoms. The van der Waals surface area contributed by atoms with Gasteiger partial charge in [0.2, 0.25) is 0 Å². The number of aliphatic hydroxyl groups is 2. The second kappa shape index (κ2) is 9.13. The first-order valence-corrected chi connectivity index (χ1v) is 6.08. The molecule has 3 nitrogen and oxygen atoms in total. The van der Waals surface area contributed by atoms with Crippen LogP contribution in [0.4, 0.5) is 0 Å². The van der Waals surface area contributed by atoms with Crippen LogP contribution in [0, 0.1) is 5.92 Å². The highest BCUT2D eigenvalue weighted by Crippen LogP contribution is 2.15. The third-order valence-corrected chi connectivity index (χ3v) is 2.88. The van der Waals surface area contributed by atoms with E-state index in [1.165, 1.54) is 0 Å². The normalized spacial score (nSPS) is 17.4. The van der Waals surface area contributed by atoms with Crippen molar-refractivity contribution in [2.75, 3.05) is 13.2 Å². The summed E-state index contributed by atoms with van der Waals surface area (Å²) in [5.74, 6) is 0.328. The Morgan fingerprint density at radius 3 is 2.13 bits per heavy atom. The van der Waals surface area contributed by atoms with Crippen molar-refractivity contribution in [1.29, 1.82) is 0 Å². The van der Waals surface area contributed by atoms with Gasteiger partial charge in [-0.15, -0.1) is 0 Å². The molecule has 0 spiro atoms. The van der Waals surface area contributed by atoms with E-state index in [1.54, 1.807) is 0 Å². The third kappa shape index (κ3) is 6.88. The molecule has 0 saturated carbocycles.